The summed E-state index contributed by atoms with van der Waals surface area (Å²) >= 11 is 7.42. The number of nitrogens with two attached hydrogens (primary N) is 1. The minimum Gasteiger partial charge on any atom is -0.390 e. The van der Waals surface area contributed by atoms with Crippen LogP contribution in [-0.4, -0.2) is 5.91 Å². The second-order valence-corrected chi connectivity index (χ2v) is 6.84. The van der Waals surface area contributed by atoms with Gasteiger partial charge in [-0.1, -0.05) is 18.0 Å². The Kier molecular flexibility index (Phi) is 4.17. The van der Waals surface area contributed by atoms with Gasteiger partial charge in [0, 0.05) is 15.6 Å². The van der Waals surface area contributed by atoms with Crippen molar-refractivity contribution in [1.82, 2.24) is 0 Å². The number of halogens is 1. The van der Waals surface area contributed by atoms with Crippen molar-refractivity contribution in [3.63, 3.8) is 0 Å². The molecule has 0 atom stereocenters. The van der Waals surface area contributed by atoms with Crippen LogP contribution in [0.25, 0.3) is 0 Å². The summed E-state index contributed by atoms with van der Waals surface area (Å²) < 4.78 is 0. The molecule has 0 bridgehead atoms. The number of carbonyl (C=O) groups excluding carboxylic acids is 1. The number of benzene rings is 1. The van der Waals surface area contributed by atoms with Crippen molar-refractivity contribution < 1.29 is 4.79 Å². The molecule has 0 radical (unpaired) electrons. The van der Waals surface area contributed by atoms with Crippen LogP contribution >= 0.6 is 22.9 Å². The smallest absolute Gasteiger partial charge is 0.258 e. The first-order valence-corrected chi connectivity index (χ1v) is 8.31. The van der Waals surface area contributed by atoms with E-state index in [4.69, 9.17) is 17.3 Å². The molecule has 0 saturated carbocycles. The maximum Gasteiger partial charge on any atom is 0.258 e. The number of nitrogen functional groups attached to an aromatic ring is 1. The van der Waals surface area contributed by atoms with E-state index in [9.17, 15) is 4.79 Å². The quantitative estimate of drug-likeness (QED) is 0.800. The largest absolute Gasteiger partial charge is 0.390 e. The van der Waals surface area contributed by atoms with E-state index in [1.165, 1.54) is 17.7 Å². The highest BCUT2D eigenvalue weighted by molar-refractivity contribution is 7.16. The molecule has 21 heavy (non-hydrogen) atoms. The van der Waals surface area contributed by atoms with Gasteiger partial charge in [0.25, 0.3) is 5.91 Å². The fraction of sp³-hybridized carbons (Fsp3) is 0.312. The number of hydrogen-bond acceptors (Lipinski definition) is 3. The molecule has 1 aliphatic carbocycles. The highest BCUT2D eigenvalue weighted by Crippen LogP contribution is 2.36. The molecule has 1 amide bonds. The van der Waals surface area contributed by atoms with Crippen LogP contribution in [0, 0.1) is 0 Å². The van der Waals surface area contributed by atoms with Gasteiger partial charge < -0.3 is 11.1 Å². The summed E-state index contributed by atoms with van der Waals surface area (Å²) in [5, 5.41) is 4.19. The number of carbonyl (C=O) groups is 1. The highest BCUT2D eigenvalue weighted by Gasteiger charge is 2.23. The topological polar surface area (TPSA) is 55.1 Å². The lowest BCUT2D eigenvalue weighted by molar-refractivity contribution is 0.102. The van der Waals surface area contributed by atoms with Gasteiger partial charge >= 0.3 is 0 Å². The van der Waals surface area contributed by atoms with Crippen molar-refractivity contribution in [2.75, 3.05) is 11.1 Å². The second-order valence-electron chi connectivity index (χ2n) is 5.26. The fourth-order valence-corrected chi connectivity index (χ4v) is 4.02. The molecular weight excluding hydrogens is 304 g/mol. The third kappa shape index (κ3) is 3.06. The van der Waals surface area contributed by atoms with Crippen LogP contribution < -0.4 is 11.1 Å². The van der Waals surface area contributed by atoms with Crippen LogP contribution in [0.3, 0.4) is 0 Å². The Labute approximate surface area is 133 Å². The molecule has 3 nitrogen and oxygen atoms in total. The average molecular weight is 321 g/mol. The number of fused-ring (bicyclic) bond motifs is 1. The van der Waals surface area contributed by atoms with Crippen LogP contribution in [0.5, 0.6) is 0 Å². The van der Waals surface area contributed by atoms with Gasteiger partial charge in [-0.15, -0.1) is 11.3 Å². The third-order valence-corrected chi connectivity index (χ3v) is 5.15. The zero-order valence-electron chi connectivity index (χ0n) is 11.6. The molecule has 1 aliphatic rings. The second kappa shape index (κ2) is 6.08. The van der Waals surface area contributed by atoms with Crippen LogP contribution in [0.4, 0.5) is 10.7 Å². The molecule has 0 fully saturated rings. The third-order valence-electron chi connectivity index (χ3n) is 3.78. The maximum absolute atomic E-state index is 12.5. The van der Waals surface area contributed by atoms with Crippen LogP contribution in [0.1, 0.15) is 40.1 Å². The molecule has 0 saturated heterocycles. The molecule has 3 N–H and O–H groups in total. The van der Waals surface area contributed by atoms with E-state index in [0.717, 1.165) is 30.5 Å². The SMILES string of the molecule is Nc1sc2c(c1C(=O)Nc1ccc(Cl)cc1)CCCCC2. The summed E-state index contributed by atoms with van der Waals surface area (Å²) in [6.45, 7) is 0. The summed E-state index contributed by atoms with van der Waals surface area (Å²) in [5.74, 6) is -0.116. The van der Waals surface area contributed by atoms with Gasteiger partial charge in [-0.05, 0) is 55.5 Å². The Hall–Kier alpha value is -1.52. The molecule has 0 spiro atoms. The highest BCUT2D eigenvalue weighted by atomic mass is 35.5. The van der Waals surface area contributed by atoms with Gasteiger partial charge in [-0.25, -0.2) is 0 Å². The Morgan fingerprint density at radius 3 is 2.62 bits per heavy atom. The van der Waals surface area contributed by atoms with Crippen molar-refractivity contribution in [2.45, 2.75) is 32.1 Å². The van der Waals surface area contributed by atoms with Gasteiger partial charge in [0.1, 0.15) is 0 Å². The van der Waals surface area contributed by atoms with Crippen LogP contribution in [0.2, 0.25) is 5.02 Å². The summed E-state index contributed by atoms with van der Waals surface area (Å²) in [6, 6.07) is 7.10. The Morgan fingerprint density at radius 1 is 1.14 bits per heavy atom. The molecule has 2 aromatic rings. The summed E-state index contributed by atoms with van der Waals surface area (Å²) in [5.41, 5.74) is 8.65. The van der Waals surface area contributed by atoms with Gasteiger partial charge in [0.2, 0.25) is 0 Å². The molecule has 0 unspecified atom stereocenters. The van der Waals surface area contributed by atoms with E-state index in [-0.39, 0.29) is 5.91 Å². The standard InChI is InChI=1S/C16H17ClN2OS/c17-10-6-8-11(9-7-10)19-16(20)14-12-4-2-1-3-5-13(12)21-15(14)18/h6-9H,1-5,18H2,(H,19,20). The Balaban J connectivity index is 1.87. The van der Waals surface area contributed by atoms with Crippen LogP contribution in [-0.2, 0) is 12.8 Å². The van der Waals surface area contributed by atoms with Gasteiger partial charge in [0.05, 0.1) is 10.6 Å². The number of thiophene rings is 1. The Morgan fingerprint density at radius 2 is 1.86 bits per heavy atom. The number of amides is 1. The van der Waals surface area contributed by atoms with Crippen molar-refractivity contribution in [1.29, 1.82) is 0 Å². The Bertz CT molecular complexity index is 664. The van der Waals surface area contributed by atoms with E-state index < -0.39 is 0 Å². The summed E-state index contributed by atoms with van der Waals surface area (Å²) in [4.78, 5) is 13.8. The summed E-state index contributed by atoms with van der Waals surface area (Å²) in [7, 11) is 0. The van der Waals surface area contributed by atoms with E-state index >= 15 is 0 Å². The zero-order valence-corrected chi connectivity index (χ0v) is 13.2. The fourth-order valence-electron chi connectivity index (χ4n) is 2.74. The minimum absolute atomic E-state index is 0.116. The van der Waals surface area contributed by atoms with Crippen molar-refractivity contribution >= 4 is 39.5 Å². The number of nitrogens with one attached hydrogen (secondary N) is 1. The monoisotopic (exact) mass is 320 g/mol. The maximum atomic E-state index is 12.5. The van der Waals surface area contributed by atoms with E-state index in [0.29, 0.717) is 15.6 Å². The van der Waals surface area contributed by atoms with Crippen molar-refractivity contribution in [3.8, 4) is 0 Å². The molecule has 1 aromatic heterocycles. The van der Waals surface area contributed by atoms with Gasteiger partial charge in [0.15, 0.2) is 0 Å². The van der Waals surface area contributed by atoms with E-state index in [2.05, 4.69) is 5.32 Å². The number of rotatable bonds is 2. The first-order valence-electron chi connectivity index (χ1n) is 7.12. The lowest BCUT2D eigenvalue weighted by Crippen LogP contribution is -2.14. The van der Waals surface area contributed by atoms with Crippen LogP contribution in [0.15, 0.2) is 24.3 Å². The van der Waals surface area contributed by atoms with E-state index in [1.807, 2.05) is 0 Å². The predicted molar refractivity (Wildman–Crippen MR) is 89.4 cm³/mol. The van der Waals surface area contributed by atoms with Gasteiger partial charge in [-0.3, -0.25) is 4.79 Å². The average Bonchev–Trinajstić information content (AvgIpc) is 2.62. The lowest BCUT2D eigenvalue weighted by Gasteiger charge is -2.08. The normalized spacial score (nSPS) is 14.3. The summed E-state index contributed by atoms with van der Waals surface area (Å²) in [6.07, 6.45) is 5.53. The van der Waals surface area contributed by atoms with Gasteiger partial charge in [-0.2, -0.15) is 0 Å². The first kappa shape index (κ1) is 14.4. The first-order chi connectivity index (χ1) is 10.1. The number of hydrogen-bond donors (Lipinski definition) is 2. The molecule has 3 rings (SSSR count). The minimum atomic E-state index is -0.116. The molecule has 1 heterocycles. The van der Waals surface area contributed by atoms with Crippen molar-refractivity contribution in [3.05, 3.63) is 45.3 Å². The van der Waals surface area contributed by atoms with Crippen molar-refractivity contribution in [2.24, 2.45) is 0 Å². The molecule has 110 valence electrons. The number of aryl methyl sites for hydroxylation is 1. The predicted octanol–water partition coefficient (Wildman–Crippen LogP) is 4.50. The molecule has 1 aromatic carbocycles. The zero-order chi connectivity index (χ0) is 14.8. The molecule has 5 heteroatoms. The number of anilines is 2. The molecule has 0 aliphatic heterocycles. The lowest BCUT2D eigenvalue weighted by atomic mass is 10.0. The molecular formula is C16H17ClN2OS. The van der Waals surface area contributed by atoms with E-state index in [1.54, 1.807) is 35.6 Å².